The van der Waals surface area contributed by atoms with Gasteiger partial charge in [-0.15, -0.1) is 11.3 Å². The molecule has 0 spiro atoms. The summed E-state index contributed by atoms with van der Waals surface area (Å²) in [4.78, 5) is 43.5. The number of hydrogen-bond donors (Lipinski definition) is 1. The Bertz CT molecular complexity index is 1370. The Hall–Kier alpha value is -3.98. The van der Waals surface area contributed by atoms with Gasteiger partial charge >= 0.3 is 5.97 Å². The fourth-order valence-corrected chi connectivity index (χ4v) is 4.41. The molecular formula is C25H23N3O5S. The number of hydrogen-bond acceptors (Lipinski definition) is 7. The number of carbonyl (C=O) groups is 2. The maximum atomic E-state index is 13.2. The van der Waals surface area contributed by atoms with Crippen LogP contribution >= 0.6 is 11.3 Å². The number of carbonyl (C=O) groups excluding carboxylic acids is 2. The van der Waals surface area contributed by atoms with E-state index in [-0.39, 0.29) is 24.7 Å². The minimum absolute atomic E-state index is 0.0652. The van der Waals surface area contributed by atoms with Gasteiger partial charge in [0.1, 0.15) is 34.7 Å². The summed E-state index contributed by atoms with van der Waals surface area (Å²) in [6.07, 6.45) is 1.33. The standard InChI is InChI=1S/C25H23N3O5S/c1-16-20-23(34-21(16)25(31)33-14-13-32-19-11-7-4-8-12-19)26-15-28(24(20)30)17(2)22(29)27-18-9-5-3-6-10-18/h3-12,15,17H,13-14H2,1-2H3,(H,27,29). The monoisotopic (exact) mass is 477 g/mol. The van der Waals surface area contributed by atoms with Crippen LogP contribution in [0.1, 0.15) is 28.2 Å². The van der Waals surface area contributed by atoms with Gasteiger partial charge in [0, 0.05) is 5.69 Å². The van der Waals surface area contributed by atoms with Gasteiger partial charge in [-0.05, 0) is 43.7 Å². The summed E-state index contributed by atoms with van der Waals surface area (Å²) in [5, 5.41) is 3.09. The molecule has 2 aromatic carbocycles. The number of thiophene rings is 1. The topological polar surface area (TPSA) is 99.5 Å². The highest BCUT2D eigenvalue weighted by Gasteiger charge is 2.23. The molecule has 0 saturated carbocycles. The lowest BCUT2D eigenvalue weighted by Crippen LogP contribution is -2.31. The summed E-state index contributed by atoms with van der Waals surface area (Å²) < 4.78 is 12.1. The first-order chi connectivity index (χ1) is 16.5. The molecule has 174 valence electrons. The zero-order chi connectivity index (χ0) is 24.1. The number of anilines is 1. The number of amides is 1. The predicted octanol–water partition coefficient (Wildman–Crippen LogP) is 4.20. The van der Waals surface area contributed by atoms with Crippen LogP contribution in [0.3, 0.4) is 0 Å². The average molecular weight is 478 g/mol. The van der Waals surface area contributed by atoms with Gasteiger partial charge in [0.2, 0.25) is 5.91 Å². The molecule has 4 aromatic rings. The van der Waals surface area contributed by atoms with E-state index in [1.807, 2.05) is 48.5 Å². The van der Waals surface area contributed by atoms with Crippen LogP contribution in [0, 0.1) is 6.92 Å². The minimum Gasteiger partial charge on any atom is -0.490 e. The van der Waals surface area contributed by atoms with Crippen molar-refractivity contribution in [3.63, 3.8) is 0 Å². The predicted molar refractivity (Wildman–Crippen MR) is 131 cm³/mol. The third kappa shape index (κ3) is 4.99. The summed E-state index contributed by atoms with van der Waals surface area (Å²) in [6, 6.07) is 17.4. The highest BCUT2D eigenvalue weighted by Crippen LogP contribution is 2.28. The van der Waals surface area contributed by atoms with E-state index >= 15 is 0 Å². The number of rotatable bonds is 8. The minimum atomic E-state index is -0.797. The van der Waals surface area contributed by atoms with Crippen molar-refractivity contribution in [2.75, 3.05) is 18.5 Å². The van der Waals surface area contributed by atoms with Crippen molar-refractivity contribution in [2.24, 2.45) is 0 Å². The number of aromatic nitrogens is 2. The SMILES string of the molecule is Cc1c(C(=O)OCCOc2ccccc2)sc2ncn(C(C)C(=O)Nc3ccccc3)c(=O)c12. The molecule has 0 aliphatic heterocycles. The van der Waals surface area contributed by atoms with Crippen LogP contribution in [0.15, 0.2) is 71.8 Å². The van der Waals surface area contributed by atoms with Crippen LogP contribution in [0.4, 0.5) is 5.69 Å². The van der Waals surface area contributed by atoms with Gasteiger partial charge in [-0.25, -0.2) is 9.78 Å². The van der Waals surface area contributed by atoms with Gasteiger partial charge in [0.05, 0.1) is 11.7 Å². The van der Waals surface area contributed by atoms with Crippen LogP contribution in [0.5, 0.6) is 5.75 Å². The molecule has 0 fully saturated rings. The van der Waals surface area contributed by atoms with Gasteiger partial charge in [0.15, 0.2) is 0 Å². The van der Waals surface area contributed by atoms with Crippen LogP contribution < -0.4 is 15.6 Å². The largest absolute Gasteiger partial charge is 0.490 e. The van der Waals surface area contributed by atoms with Crippen molar-refractivity contribution < 1.29 is 19.1 Å². The highest BCUT2D eigenvalue weighted by molar-refractivity contribution is 7.20. The summed E-state index contributed by atoms with van der Waals surface area (Å²) in [5.74, 6) is -0.204. The maximum Gasteiger partial charge on any atom is 0.348 e. The second kappa shape index (κ2) is 10.3. The molecule has 0 aliphatic carbocycles. The first kappa shape index (κ1) is 23.2. The molecule has 0 saturated heterocycles. The second-order valence-corrected chi connectivity index (χ2v) is 8.52. The molecule has 1 amide bonds. The summed E-state index contributed by atoms with van der Waals surface area (Å²) >= 11 is 1.09. The number of fused-ring (bicyclic) bond motifs is 1. The lowest BCUT2D eigenvalue weighted by molar-refractivity contribution is -0.118. The van der Waals surface area contributed by atoms with E-state index in [9.17, 15) is 14.4 Å². The molecule has 9 heteroatoms. The van der Waals surface area contributed by atoms with Crippen molar-refractivity contribution in [1.29, 1.82) is 0 Å². The Kier molecular flexibility index (Phi) is 7.03. The fraction of sp³-hybridized carbons (Fsp3) is 0.200. The van der Waals surface area contributed by atoms with E-state index in [4.69, 9.17) is 9.47 Å². The molecule has 2 heterocycles. The number of para-hydroxylation sites is 2. The average Bonchev–Trinajstić information content (AvgIpc) is 3.20. The molecule has 4 rings (SSSR count). The molecular weight excluding hydrogens is 454 g/mol. The van der Waals surface area contributed by atoms with Crippen molar-refractivity contribution in [3.05, 3.63) is 87.8 Å². The van der Waals surface area contributed by atoms with Crippen LogP contribution in [0.25, 0.3) is 10.2 Å². The lowest BCUT2D eigenvalue weighted by atomic mass is 10.2. The molecule has 0 aliphatic rings. The second-order valence-electron chi connectivity index (χ2n) is 7.52. The van der Waals surface area contributed by atoms with Gasteiger partial charge in [0.25, 0.3) is 5.56 Å². The van der Waals surface area contributed by atoms with Gasteiger partial charge < -0.3 is 14.8 Å². The number of nitrogens with zero attached hydrogens (tertiary/aromatic N) is 2. The van der Waals surface area contributed by atoms with Crippen LogP contribution in [-0.4, -0.2) is 34.6 Å². The highest BCUT2D eigenvalue weighted by atomic mass is 32.1. The Morgan fingerprint density at radius 3 is 2.44 bits per heavy atom. The molecule has 34 heavy (non-hydrogen) atoms. The zero-order valence-electron chi connectivity index (χ0n) is 18.7. The van der Waals surface area contributed by atoms with Crippen molar-refractivity contribution >= 4 is 39.1 Å². The summed E-state index contributed by atoms with van der Waals surface area (Å²) in [6.45, 7) is 3.57. The van der Waals surface area contributed by atoms with Crippen molar-refractivity contribution in [1.82, 2.24) is 9.55 Å². The number of aryl methyl sites for hydroxylation is 1. The first-order valence-corrected chi connectivity index (χ1v) is 11.5. The van der Waals surface area contributed by atoms with E-state index < -0.39 is 12.0 Å². The Morgan fingerprint density at radius 1 is 1.06 bits per heavy atom. The number of benzene rings is 2. The molecule has 8 nitrogen and oxygen atoms in total. The number of ether oxygens (including phenoxy) is 2. The first-order valence-electron chi connectivity index (χ1n) is 10.7. The fourth-order valence-electron chi connectivity index (χ4n) is 3.38. The van der Waals surface area contributed by atoms with Crippen molar-refractivity contribution in [3.8, 4) is 5.75 Å². The molecule has 1 atom stereocenters. The van der Waals surface area contributed by atoms with E-state index in [0.717, 1.165) is 11.3 Å². The zero-order valence-corrected chi connectivity index (χ0v) is 19.5. The molecule has 2 aromatic heterocycles. The maximum absolute atomic E-state index is 13.2. The molecule has 0 bridgehead atoms. The Morgan fingerprint density at radius 2 is 1.74 bits per heavy atom. The summed E-state index contributed by atoms with van der Waals surface area (Å²) in [7, 11) is 0. The van der Waals surface area contributed by atoms with Crippen molar-refractivity contribution in [2.45, 2.75) is 19.9 Å². The number of nitrogens with one attached hydrogen (secondary N) is 1. The molecule has 0 radical (unpaired) electrons. The van der Waals surface area contributed by atoms with E-state index in [2.05, 4.69) is 10.3 Å². The third-order valence-electron chi connectivity index (χ3n) is 5.23. The van der Waals surface area contributed by atoms with Gasteiger partial charge in [-0.3, -0.25) is 14.2 Å². The summed E-state index contributed by atoms with van der Waals surface area (Å²) in [5.41, 5.74) is 0.729. The normalized spacial score (nSPS) is 11.7. The smallest absolute Gasteiger partial charge is 0.348 e. The number of esters is 1. The van der Waals surface area contributed by atoms with Gasteiger partial charge in [-0.1, -0.05) is 36.4 Å². The van der Waals surface area contributed by atoms with Crippen LogP contribution in [0.2, 0.25) is 0 Å². The van der Waals surface area contributed by atoms with E-state index in [0.29, 0.717) is 32.1 Å². The quantitative estimate of drug-likeness (QED) is 0.302. The van der Waals surface area contributed by atoms with E-state index in [1.165, 1.54) is 10.9 Å². The van der Waals surface area contributed by atoms with Gasteiger partial charge in [-0.2, -0.15) is 0 Å². The third-order valence-corrected chi connectivity index (χ3v) is 6.41. The van der Waals surface area contributed by atoms with E-state index in [1.54, 1.807) is 26.0 Å². The van der Waals surface area contributed by atoms with Crippen LogP contribution in [-0.2, 0) is 9.53 Å². The lowest BCUT2D eigenvalue weighted by Gasteiger charge is -2.15. The molecule has 1 N–H and O–H groups in total. The Labute approximate surface area is 199 Å². The Balaban J connectivity index is 1.47. The molecule has 1 unspecified atom stereocenters.